The molecule has 164 valence electrons. The zero-order valence-electron chi connectivity index (χ0n) is 16.8. The molecule has 1 saturated heterocycles. The monoisotopic (exact) mass is 539 g/mol. The normalized spacial score (nSPS) is 27.9. The van der Waals surface area contributed by atoms with Crippen LogP contribution in [0.4, 0.5) is 0 Å². The van der Waals surface area contributed by atoms with Gasteiger partial charge in [-0.2, -0.15) is 0 Å². The fourth-order valence-corrected chi connectivity index (χ4v) is 4.89. The molecule has 1 aliphatic heterocycles. The van der Waals surface area contributed by atoms with E-state index >= 15 is 0 Å². The van der Waals surface area contributed by atoms with E-state index in [9.17, 15) is 18.0 Å². The first-order chi connectivity index (χ1) is 13.4. The highest BCUT2D eigenvalue weighted by molar-refractivity contribution is 14.0. The first-order valence-electron chi connectivity index (χ1n) is 9.91. The number of guanidine groups is 1. The number of hydrogen-bond acceptors (Lipinski definition) is 5. The van der Waals surface area contributed by atoms with E-state index in [4.69, 9.17) is 0 Å². The summed E-state index contributed by atoms with van der Waals surface area (Å²) in [7, 11) is -3.23. The van der Waals surface area contributed by atoms with Crippen molar-refractivity contribution in [1.82, 2.24) is 20.3 Å². The minimum Gasteiger partial charge on any atom is -0.357 e. The van der Waals surface area contributed by atoms with Crippen molar-refractivity contribution < 1.29 is 18.0 Å². The Morgan fingerprint density at radius 1 is 1.10 bits per heavy atom. The van der Waals surface area contributed by atoms with E-state index in [0.29, 0.717) is 25.6 Å². The van der Waals surface area contributed by atoms with Gasteiger partial charge in [-0.05, 0) is 32.1 Å². The van der Waals surface area contributed by atoms with Gasteiger partial charge >= 0.3 is 0 Å². The molecule has 0 radical (unpaired) electrons. The highest BCUT2D eigenvalue weighted by Crippen LogP contribution is 2.52. The molecule has 2 amide bonds. The van der Waals surface area contributed by atoms with Crippen LogP contribution in [0, 0.1) is 23.7 Å². The van der Waals surface area contributed by atoms with Crippen LogP contribution in [0.5, 0.6) is 0 Å². The molecule has 2 aliphatic carbocycles. The summed E-state index contributed by atoms with van der Waals surface area (Å²) in [5.41, 5.74) is 0. The average Bonchev–Trinajstić information content (AvgIpc) is 3.34. The Balaban J connectivity index is 0.00000300. The molecule has 4 atom stereocenters. The lowest BCUT2D eigenvalue weighted by atomic mass is 9.85. The molecule has 0 aromatic carbocycles. The largest absolute Gasteiger partial charge is 0.357 e. The van der Waals surface area contributed by atoms with Gasteiger partial charge in [0.1, 0.15) is 0 Å². The van der Waals surface area contributed by atoms with Gasteiger partial charge in [0.25, 0.3) is 0 Å². The molecule has 1 heterocycles. The maximum Gasteiger partial charge on any atom is 0.233 e. The number of fused-ring (bicyclic) bond motifs is 5. The Morgan fingerprint density at radius 3 is 2.28 bits per heavy atom. The zero-order valence-corrected chi connectivity index (χ0v) is 19.9. The van der Waals surface area contributed by atoms with Gasteiger partial charge in [0, 0.05) is 26.2 Å². The smallest absolute Gasteiger partial charge is 0.233 e. The van der Waals surface area contributed by atoms with Crippen LogP contribution in [-0.2, 0) is 19.6 Å². The SMILES string of the molecule is CCNC(=NCCNS(=O)(=O)CC)NCCN1C(=O)C2C3C=CC(C3)C2C1=O.I. The third kappa shape index (κ3) is 5.29. The third-order valence-electron chi connectivity index (χ3n) is 5.62. The van der Waals surface area contributed by atoms with Crippen LogP contribution in [-0.4, -0.2) is 69.6 Å². The van der Waals surface area contributed by atoms with Crippen molar-refractivity contribution in [2.45, 2.75) is 20.3 Å². The Labute approximate surface area is 189 Å². The van der Waals surface area contributed by atoms with E-state index in [-0.39, 0.29) is 78.3 Å². The number of amides is 2. The van der Waals surface area contributed by atoms with Crippen LogP contribution in [0.2, 0.25) is 0 Å². The Kier molecular flexibility index (Phi) is 8.47. The predicted octanol–water partition coefficient (Wildman–Crippen LogP) is -0.0941. The number of rotatable bonds is 9. The molecule has 29 heavy (non-hydrogen) atoms. The fraction of sp³-hybridized carbons (Fsp3) is 0.722. The summed E-state index contributed by atoms with van der Waals surface area (Å²) in [5, 5.41) is 6.17. The minimum atomic E-state index is -3.23. The topological polar surface area (TPSA) is 120 Å². The second-order valence-corrected chi connectivity index (χ2v) is 9.41. The van der Waals surface area contributed by atoms with E-state index in [1.807, 2.05) is 6.92 Å². The molecule has 2 bridgehead atoms. The van der Waals surface area contributed by atoms with Crippen molar-refractivity contribution in [2.24, 2.45) is 28.7 Å². The number of sulfonamides is 1. The predicted molar refractivity (Wildman–Crippen MR) is 121 cm³/mol. The molecule has 2 fully saturated rings. The van der Waals surface area contributed by atoms with Gasteiger partial charge in [0.2, 0.25) is 21.8 Å². The van der Waals surface area contributed by atoms with Gasteiger partial charge in [-0.3, -0.25) is 19.5 Å². The lowest BCUT2D eigenvalue weighted by Gasteiger charge is -2.18. The van der Waals surface area contributed by atoms with Crippen LogP contribution in [0.15, 0.2) is 17.1 Å². The second-order valence-electron chi connectivity index (χ2n) is 7.31. The van der Waals surface area contributed by atoms with Crippen LogP contribution in [0.25, 0.3) is 0 Å². The van der Waals surface area contributed by atoms with Gasteiger partial charge in [-0.15, -0.1) is 24.0 Å². The molecule has 0 aromatic heterocycles. The highest BCUT2D eigenvalue weighted by Gasteiger charge is 2.58. The molecular weight excluding hydrogens is 509 g/mol. The molecule has 3 N–H and O–H groups in total. The van der Waals surface area contributed by atoms with E-state index in [1.54, 1.807) is 6.92 Å². The third-order valence-corrected chi connectivity index (χ3v) is 7.02. The molecule has 0 spiro atoms. The summed E-state index contributed by atoms with van der Waals surface area (Å²) in [6.07, 6.45) is 5.10. The van der Waals surface area contributed by atoms with Crippen molar-refractivity contribution in [3.8, 4) is 0 Å². The van der Waals surface area contributed by atoms with E-state index < -0.39 is 10.0 Å². The van der Waals surface area contributed by atoms with Crippen LogP contribution in [0.1, 0.15) is 20.3 Å². The summed E-state index contributed by atoms with van der Waals surface area (Å²) in [4.78, 5) is 31.0. The molecule has 9 nitrogen and oxygen atoms in total. The van der Waals surface area contributed by atoms with Gasteiger partial charge in [-0.25, -0.2) is 13.1 Å². The van der Waals surface area contributed by atoms with Gasteiger partial charge in [0.05, 0.1) is 24.1 Å². The first-order valence-corrected chi connectivity index (χ1v) is 11.6. The van der Waals surface area contributed by atoms with Gasteiger partial charge in [0.15, 0.2) is 5.96 Å². The number of likely N-dealkylation sites (tertiary alicyclic amines) is 1. The highest BCUT2D eigenvalue weighted by atomic mass is 127. The van der Waals surface area contributed by atoms with Crippen LogP contribution < -0.4 is 15.4 Å². The molecule has 3 rings (SSSR count). The summed E-state index contributed by atoms with van der Waals surface area (Å²) in [5.74, 6) is 0.553. The van der Waals surface area contributed by atoms with Crippen molar-refractivity contribution in [2.75, 3.05) is 38.5 Å². The Bertz CT molecular complexity index is 755. The van der Waals surface area contributed by atoms with Crippen LogP contribution in [0.3, 0.4) is 0 Å². The van der Waals surface area contributed by atoms with E-state index in [0.717, 1.165) is 6.42 Å². The van der Waals surface area contributed by atoms with Gasteiger partial charge in [-0.1, -0.05) is 12.2 Å². The Morgan fingerprint density at radius 2 is 1.72 bits per heavy atom. The Hall–Kier alpha value is -1.21. The summed E-state index contributed by atoms with van der Waals surface area (Å²) < 4.78 is 25.3. The number of hydrogen-bond donors (Lipinski definition) is 3. The average molecular weight is 539 g/mol. The van der Waals surface area contributed by atoms with Crippen molar-refractivity contribution in [3.05, 3.63) is 12.2 Å². The molecule has 3 aliphatic rings. The van der Waals surface area contributed by atoms with E-state index in [1.165, 1.54) is 4.90 Å². The summed E-state index contributed by atoms with van der Waals surface area (Å²) >= 11 is 0. The number of carbonyl (C=O) groups excluding carboxylic acids is 2. The molecule has 0 aromatic rings. The maximum absolute atomic E-state index is 12.7. The van der Waals surface area contributed by atoms with Gasteiger partial charge < -0.3 is 10.6 Å². The number of nitrogens with one attached hydrogen (secondary N) is 3. The minimum absolute atomic E-state index is 0. The number of halogens is 1. The summed E-state index contributed by atoms with van der Waals surface area (Å²) in [6, 6.07) is 0. The number of nitrogens with zero attached hydrogens (tertiary/aromatic N) is 2. The second kappa shape index (κ2) is 10.2. The molecule has 1 saturated carbocycles. The number of carbonyl (C=O) groups is 2. The summed E-state index contributed by atoms with van der Waals surface area (Å²) in [6.45, 7) is 5.35. The lowest BCUT2D eigenvalue weighted by molar-refractivity contribution is -0.140. The lowest BCUT2D eigenvalue weighted by Crippen LogP contribution is -2.44. The van der Waals surface area contributed by atoms with Crippen molar-refractivity contribution >= 4 is 51.8 Å². The van der Waals surface area contributed by atoms with Crippen molar-refractivity contribution in [1.29, 1.82) is 0 Å². The fourth-order valence-electron chi connectivity index (χ4n) is 4.28. The standard InChI is InChI=1S/C18H29N5O4S.HI/c1-3-19-18(20-7-8-22-28(26,27)4-2)21-9-10-23-16(24)14-12-5-6-13(11-12)15(14)17(23)25;/h5-6,12-15,22H,3-4,7-11H2,1-2H3,(H2,19,20,21);1H. The maximum atomic E-state index is 12.7. The number of imide groups is 1. The molecule has 11 heteroatoms. The number of allylic oxidation sites excluding steroid dienone is 2. The zero-order chi connectivity index (χ0) is 20.3. The quantitative estimate of drug-likeness (QED) is 0.0941. The first kappa shape index (κ1) is 24.1. The molecular formula is C18H30IN5O4S. The number of aliphatic imine (C=N–C) groups is 1. The van der Waals surface area contributed by atoms with E-state index in [2.05, 4.69) is 32.5 Å². The van der Waals surface area contributed by atoms with Crippen LogP contribution >= 0.6 is 24.0 Å². The molecule has 4 unspecified atom stereocenters. The van der Waals surface area contributed by atoms with Crippen molar-refractivity contribution in [3.63, 3.8) is 0 Å².